The van der Waals surface area contributed by atoms with E-state index in [0.29, 0.717) is 49.5 Å². The van der Waals surface area contributed by atoms with Crippen molar-refractivity contribution in [2.45, 2.75) is 50.3 Å². The first-order valence-corrected chi connectivity index (χ1v) is 13.3. The van der Waals surface area contributed by atoms with Crippen molar-refractivity contribution < 1.29 is 37.3 Å². The van der Waals surface area contributed by atoms with E-state index in [2.05, 4.69) is 4.99 Å². The molecule has 0 saturated carbocycles. The van der Waals surface area contributed by atoms with Crippen molar-refractivity contribution in [3.05, 3.63) is 59.1 Å². The lowest BCUT2D eigenvalue weighted by Gasteiger charge is -2.38. The van der Waals surface area contributed by atoms with E-state index in [1.807, 2.05) is 0 Å². The zero-order valence-corrected chi connectivity index (χ0v) is 21.9. The number of allylic oxidation sites excluding steroid dienone is 1. The highest BCUT2D eigenvalue weighted by Crippen LogP contribution is 2.37. The van der Waals surface area contributed by atoms with Gasteiger partial charge in [-0.25, -0.2) is 4.99 Å². The number of unbranched alkanes of at least 4 members (excludes halogenated alkanes) is 2. The molecule has 0 bridgehead atoms. The molecule has 1 aliphatic carbocycles. The molecule has 1 aromatic rings. The monoisotopic (exact) mass is 563 g/mol. The minimum Gasteiger partial charge on any atom is -0.454 e. The van der Waals surface area contributed by atoms with Crippen LogP contribution in [0.4, 0.5) is 13.2 Å². The van der Waals surface area contributed by atoms with Gasteiger partial charge in [-0.15, -0.1) is 0 Å². The third kappa shape index (κ3) is 5.72. The molecule has 3 heterocycles. The standard InChI is InChI=1S/C27H28F3N3O5S/c28-27(29,30)18-6-4-5-17(13-18)26(36)8-11-32(12-9-26)23(34)7-2-1-3-10-33-24(35)19-14-21-22(38-16-37-21)15-20(19)31-25(33)39/h4-6,13-15,19,36H,1-3,7-12,16H2. The number of aliphatic imine (C=N–C) groups is 1. The Morgan fingerprint density at radius 1 is 1.15 bits per heavy atom. The van der Waals surface area contributed by atoms with Crippen LogP contribution in [0.5, 0.6) is 0 Å². The summed E-state index contributed by atoms with van der Waals surface area (Å²) in [6.07, 6.45) is 1.49. The van der Waals surface area contributed by atoms with Crippen LogP contribution in [-0.4, -0.2) is 64.0 Å². The van der Waals surface area contributed by atoms with Crippen molar-refractivity contribution >= 4 is 34.9 Å². The largest absolute Gasteiger partial charge is 0.454 e. The van der Waals surface area contributed by atoms with Crippen molar-refractivity contribution in [1.82, 2.24) is 9.80 Å². The number of rotatable bonds is 7. The number of ether oxygens (including phenoxy) is 2. The number of fused-ring (bicyclic) bond motifs is 2. The van der Waals surface area contributed by atoms with Gasteiger partial charge in [0, 0.05) is 32.1 Å². The van der Waals surface area contributed by atoms with Crippen LogP contribution in [0, 0.1) is 5.92 Å². The van der Waals surface area contributed by atoms with E-state index in [1.54, 1.807) is 17.1 Å². The number of amides is 2. The average molecular weight is 564 g/mol. The first-order valence-electron chi connectivity index (χ1n) is 12.9. The van der Waals surface area contributed by atoms with Crippen LogP contribution < -0.4 is 0 Å². The van der Waals surface area contributed by atoms with E-state index in [4.69, 9.17) is 21.7 Å². The molecule has 208 valence electrons. The lowest BCUT2D eigenvalue weighted by atomic mass is 9.83. The molecule has 2 fully saturated rings. The number of alkyl halides is 3. The maximum Gasteiger partial charge on any atom is 0.416 e. The van der Waals surface area contributed by atoms with Crippen molar-refractivity contribution in [2.75, 3.05) is 26.4 Å². The maximum absolute atomic E-state index is 13.1. The highest BCUT2D eigenvalue weighted by molar-refractivity contribution is 7.80. The Labute approximate surface area is 228 Å². The zero-order chi connectivity index (χ0) is 27.8. The lowest BCUT2D eigenvalue weighted by Crippen LogP contribution is -2.46. The fraction of sp³-hybridized carbons (Fsp3) is 0.481. The number of aliphatic hydroxyl groups is 1. The maximum atomic E-state index is 13.1. The fourth-order valence-corrected chi connectivity index (χ4v) is 5.51. The molecule has 1 aromatic carbocycles. The van der Waals surface area contributed by atoms with Gasteiger partial charge in [-0.2, -0.15) is 13.2 Å². The summed E-state index contributed by atoms with van der Waals surface area (Å²) in [5, 5.41) is 11.2. The molecule has 0 radical (unpaired) electrons. The number of likely N-dealkylation sites (tertiary alicyclic amines) is 1. The second-order valence-corrected chi connectivity index (χ2v) is 10.4. The van der Waals surface area contributed by atoms with E-state index in [1.165, 1.54) is 17.0 Å². The predicted molar refractivity (Wildman–Crippen MR) is 138 cm³/mol. The average Bonchev–Trinajstić information content (AvgIpc) is 3.36. The summed E-state index contributed by atoms with van der Waals surface area (Å²) >= 11 is 5.34. The molecule has 5 rings (SSSR count). The highest BCUT2D eigenvalue weighted by Gasteiger charge is 2.39. The van der Waals surface area contributed by atoms with E-state index >= 15 is 0 Å². The van der Waals surface area contributed by atoms with Gasteiger partial charge in [0.25, 0.3) is 0 Å². The number of hydrogen-bond donors (Lipinski definition) is 1. The number of thiocarbonyl (C=S) groups is 1. The van der Waals surface area contributed by atoms with Crippen LogP contribution in [0.2, 0.25) is 0 Å². The van der Waals surface area contributed by atoms with Gasteiger partial charge in [0.05, 0.1) is 16.9 Å². The van der Waals surface area contributed by atoms with Crippen molar-refractivity contribution in [3.63, 3.8) is 0 Å². The molecule has 2 amide bonds. The smallest absolute Gasteiger partial charge is 0.416 e. The van der Waals surface area contributed by atoms with Crippen molar-refractivity contribution in [2.24, 2.45) is 10.9 Å². The van der Waals surface area contributed by atoms with Crippen molar-refractivity contribution in [1.29, 1.82) is 0 Å². The molecule has 1 N–H and O–H groups in total. The zero-order valence-electron chi connectivity index (χ0n) is 21.1. The first kappa shape index (κ1) is 27.3. The summed E-state index contributed by atoms with van der Waals surface area (Å²) in [5.74, 6) is 0.292. The Balaban J connectivity index is 1.06. The summed E-state index contributed by atoms with van der Waals surface area (Å²) in [5.41, 5.74) is -1.44. The summed E-state index contributed by atoms with van der Waals surface area (Å²) in [6.45, 7) is 1.03. The molecule has 39 heavy (non-hydrogen) atoms. The molecule has 8 nitrogen and oxygen atoms in total. The summed E-state index contributed by atoms with van der Waals surface area (Å²) in [7, 11) is 0. The molecule has 1 atom stereocenters. The molecule has 0 spiro atoms. The van der Waals surface area contributed by atoms with Gasteiger partial charge in [-0.1, -0.05) is 18.6 Å². The van der Waals surface area contributed by atoms with Crippen LogP contribution in [0.3, 0.4) is 0 Å². The predicted octanol–water partition coefficient (Wildman–Crippen LogP) is 4.05. The second kappa shape index (κ2) is 10.7. The topological polar surface area (TPSA) is 91.7 Å². The summed E-state index contributed by atoms with van der Waals surface area (Å²) < 4.78 is 49.9. The van der Waals surface area contributed by atoms with E-state index in [0.717, 1.165) is 12.1 Å². The molecule has 3 aliphatic heterocycles. The minimum atomic E-state index is -4.49. The van der Waals surface area contributed by atoms with E-state index in [-0.39, 0.29) is 55.2 Å². The van der Waals surface area contributed by atoms with Gasteiger partial charge in [0.15, 0.2) is 11.5 Å². The Hall–Kier alpha value is -3.25. The Morgan fingerprint density at radius 2 is 1.90 bits per heavy atom. The summed E-state index contributed by atoms with van der Waals surface area (Å²) in [6, 6.07) is 4.75. The van der Waals surface area contributed by atoms with Gasteiger partial charge in [0.2, 0.25) is 23.7 Å². The second-order valence-electron chi connectivity index (χ2n) is 10.0. The van der Waals surface area contributed by atoms with Gasteiger partial charge in [-0.3, -0.25) is 14.5 Å². The number of hydrogen-bond acceptors (Lipinski definition) is 6. The van der Waals surface area contributed by atoms with E-state index < -0.39 is 23.3 Å². The van der Waals surface area contributed by atoms with Crippen LogP contribution in [-0.2, 0) is 30.8 Å². The molecule has 4 aliphatic rings. The van der Waals surface area contributed by atoms with Gasteiger partial charge < -0.3 is 19.5 Å². The Bertz CT molecular complexity index is 1270. The number of carbonyl (C=O) groups is 2. The third-order valence-electron chi connectivity index (χ3n) is 7.52. The van der Waals surface area contributed by atoms with Crippen LogP contribution in [0.1, 0.15) is 49.7 Å². The number of nitrogens with zero attached hydrogens (tertiary/aromatic N) is 3. The molecular formula is C27H28F3N3O5S. The first-order chi connectivity index (χ1) is 18.5. The Kier molecular flexibility index (Phi) is 7.51. The molecular weight excluding hydrogens is 535 g/mol. The SMILES string of the molecule is O=C(CCCCCN1C(=O)C2C=C3OCOC3=CC2=NC1=S)N1CCC(O)(c2cccc(C(F)(F)F)c2)CC1. The highest BCUT2D eigenvalue weighted by atomic mass is 32.1. The van der Waals surface area contributed by atoms with Crippen LogP contribution in [0.25, 0.3) is 0 Å². The molecule has 12 heteroatoms. The molecule has 2 saturated heterocycles. The number of halogens is 3. The fourth-order valence-electron chi connectivity index (χ4n) is 5.22. The third-order valence-corrected chi connectivity index (χ3v) is 7.83. The van der Waals surface area contributed by atoms with Gasteiger partial charge >= 0.3 is 6.18 Å². The quantitative estimate of drug-likeness (QED) is 0.398. The number of benzene rings is 1. The normalized spacial score (nSPS) is 22.3. The van der Waals surface area contributed by atoms with Gasteiger partial charge in [-0.05, 0) is 61.7 Å². The minimum absolute atomic E-state index is 0.0601. The van der Waals surface area contributed by atoms with Gasteiger partial charge in [0.1, 0.15) is 5.92 Å². The Morgan fingerprint density at radius 3 is 2.64 bits per heavy atom. The lowest BCUT2D eigenvalue weighted by molar-refractivity contribution is -0.138. The molecule has 1 unspecified atom stereocenters. The van der Waals surface area contributed by atoms with Crippen LogP contribution >= 0.6 is 12.2 Å². The van der Waals surface area contributed by atoms with E-state index in [9.17, 15) is 27.9 Å². The summed E-state index contributed by atoms with van der Waals surface area (Å²) in [4.78, 5) is 33.2. The van der Waals surface area contributed by atoms with Crippen molar-refractivity contribution in [3.8, 4) is 0 Å². The van der Waals surface area contributed by atoms with Crippen LogP contribution in [0.15, 0.2) is 52.9 Å². The number of carbonyl (C=O) groups excluding carboxylic acids is 2. The number of piperidine rings is 1. The molecule has 0 aromatic heterocycles.